The molecule has 0 saturated heterocycles. The van der Waals surface area contributed by atoms with Gasteiger partial charge in [-0.15, -0.1) is 11.6 Å². The molecule has 2 aromatic rings. The third kappa shape index (κ3) is 2.00. The van der Waals surface area contributed by atoms with Crippen LogP contribution in [0.2, 0.25) is 0 Å². The Bertz CT molecular complexity index is 541. The Balaban J connectivity index is 2.54. The predicted molar refractivity (Wildman–Crippen MR) is 64.9 cm³/mol. The molecule has 1 unspecified atom stereocenters. The molecule has 0 aliphatic rings. The fraction of sp³-hybridized carbons (Fsp3) is 0.333. The van der Waals surface area contributed by atoms with Crippen LogP contribution in [0.4, 0.5) is 0 Å². The van der Waals surface area contributed by atoms with Gasteiger partial charge in [0.25, 0.3) is 0 Å². The SMILES string of the molecule is Cc1cc(C(=O)C(C)Cl)c(C)n1-c1ccon1. The van der Waals surface area contributed by atoms with Crippen LogP contribution in [0.25, 0.3) is 5.82 Å². The normalized spacial score (nSPS) is 12.7. The Morgan fingerprint density at radius 1 is 1.53 bits per heavy atom. The predicted octanol–water partition coefficient (Wildman–Crippen LogP) is 2.89. The first-order valence-electron chi connectivity index (χ1n) is 5.30. The summed E-state index contributed by atoms with van der Waals surface area (Å²) in [5.41, 5.74) is 2.39. The highest BCUT2D eigenvalue weighted by atomic mass is 35.5. The maximum atomic E-state index is 11.9. The highest BCUT2D eigenvalue weighted by molar-refractivity contribution is 6.33. The van der Waals surface area contributed by atoms with Crippen molar-refractivity contribution in [2.45, 2.75) is 26.1 Å². The van der Waals surface area contributed by atoms with Gasteiger partial charge in [0.2, 0.25) is 0 Å². The number of Topliss-reactive ketones (excluding diaryl/α,β-unsaturated/α-hetero) is 1. The van der Waals surface area contributed by atoms with E-state index in [2.05, 4.69) is 5.16 Å². The Morgan fingerprint density at radius 3 is 2.76 bits per heavy atom. The molecule has 4 nitrogen and oxygen atoms in total. The molecule has 2 heterocycles. The first-order chi connectivity index (χ1) is 8.02. The van der Waals surface area contributed by atoms with E-state index in [-0.39, 0.29) is 5.78 Å². The Morgan fingerprint density at radius 2 is 2.24 bits per heavy atom. The topological polar surface area (TPSA) is 48.0 Å². The van der Waals surface area contributed by atoms with Gasteiger partial charge in [-0.25, -0.2) is 0 Å². The van der Waals surface area contributed by atoms with E-state index in [4.69, 9.17) is 16.1 Å². The number of aromatic nitrogens is 2. The summed E-state index contributed by atoms with van der Waals surface area (Å²) in [6.07, 6.45) is 1.50. The van der Waals surface area contributed by atoms with Crippen LogP contribution < -0.4 is 0 Å². The zero-order chi connectivity index (χ0) is 12.6. The molecule has 0 saturated carbocycles. The van der Waals surface area contributed by atoms with Crippen molar-refractivity contribution in [3.05, 3.63) is 35.3 Å². The summed E-state index contributed by atoms with van der Waals surface area (Å²) < 4.78 is 6.69. The van der Waals surface area contributed by atoms with Crippen LogP contribution in [0.1, 0.15) is 28.7 Å². The summed E-state index contributed by atoms with van der Waals surface area (Å²) in [5.74, 6) is 0.593. The fourth-order valence-electron chi connectivity index (χ4n) is 1.90. The second-order valence-electron chi connectivity index (χ2n) is 3.96. The van der Waals surface area contributed by atoms with Crippen molar-refractivity contribution in [1.29, 1.82) is 0 Å². The standard InChI is InChI=1S/C12H13ClN2O2/c1-7-6-10(12(16)8(2)13)9(3)15(7)11-4-5-17-14-11/h4-6,8H,1-3H3. The van der Waals surface area contributed by atoms with Gasteiger partial charge in [-0.1, -0.05) is 5.16 Å². The van der Waals surface area contributed by atoms with Crippen molar-refractivity contribution in [1.82, 2.24) is 9.72 Å². The lowest BCUT2D eigenvalue weighted by atomic mass is 10.1. The number of carbonyl (C=O) groups excluding carboxylic acids is 1. The van der Waals surface area contributed by atoms with Crippen molar-refractivity contribution in [2.24, 2.45) is 0 Å². The van der Waals surface area contributed by atoms with Crippen molar-refractivity contribution in [3.8, 4) is 5.82 Å². The van der Waals surface area contributed by atoms with Crippen LogP contribution in [-0.2, 0) is 0 Å². The number of hydrogen-bond donors (Lipinski definition) is 0. The van der Waals surface area contributed by atoms with Crippen LogP contribution in [0.15, 0.2) is 22.9 Å². The summed E-state index contributed by atoms with van der Waals surface area (Å²) >= 11 is 5.83. The maximum Gasteiger partial charge on any atom is 0.182 e. The molecule has 90 valence electrons. The Kier molecular flexibility index (Phi) is 3.07. The molecule has 1 atom stereocenters. The summed E-state index contributed by atoms with van der Waals surface area (Å²) in [4.78, 5) is 11.9. The molecule has 2 rings (SSSR count). The van der Waals surface area contributed by atoms with Gasteiger partial charge < -0.3 is 4.52 Å². The summed E-state index contributed by atoms with van der Waals surface area (Å²) in [7, 11) is 0. The van der Waals surface area contributed by atoms with Crippen LogP contribution in [-0.4, -0.2) is 20.9 Å². The smallest absolute Gasteiger partial charge is 0.182 e. The first-order valence-corrected chi connectivity index (χ1v) is 5.74. The number of nitrogens with zero attached hydrogens (tertiary/aromatic N) is 2. The summed E-state index contributed by atoms with van der Waals surface area (Å²) in [5, 5.41) is 3.34. The van der Waals surface area contributed by atoms with Crippen molar-refractivity contribution in [3.63, 3.8) is 0 Å². The van der Waals surface area contributed by atoms with E-state index >= 15 is 0 Å². The van der Waals surface area contributed by atoms with Gasteiger partial charge in [0.1, 0.15) is 6.26 Å². The second kappa shape index (κ2) is 4.37. The van der Waals surface area contributed by atoms with E-state index in [1.165, 1.54) is 6.26 Å². The molecule has 0 aromatic carbocycles. The minimum Gasteiger partial charge on any atom is -0.363 e. The van der Waals surface area contributed by atoms with Crippen molar-refractivity contribution < 1.29 is 9.32 Å². The van der Waals surface area contributed by atoms with E-state index in [0.29, 0.717) is 11.4 Å². The van der Waals surface area contributed by atoms with Crippen LogP contribution in [0.5, 0.6) is 0 Å². The Hall–Kier alpha value is -1.55. The monoisotopic (exact) mass is 252 g/mol. The molecule has 0 amide bonds. The third-order valence-corrected chi connectivity index (χ3v) is 2.91. The van der Waals surface area contributed by atoms with Gasteiger partial charge in [-0.3, -0.25) is 9.36 Å². The lowest BCUT2D eigenvalue weighted by molar-refractivity contribution is 0.0991. The van der Waals surface area contributed by atoms with E-state index < -0.39 is 5.38 Å². The van der Waals surface area contributed by atoms with E-state index in [0.717, 1.165) is 11.4 Å². The van der Waals surface area contributed by atoms with Gasteiger partial charge in [-0.05, 0) is 26.8 Å². The number of halogens is 1. The maximum absolute atomic E-state index is 11.9. The lowest BCUT2D eigenvalue weighted by Gasteiger charge is -2.05. The zero-order valence-electron chi connectivity index (χ0n) is 9.90. The number of carbonyl (C=O) groups is 1. The average molecular weight is 253 g/mol. The Labute approximate surface area is 104 Å². The fourth-order valence-corrected chi connectivity index (χ4v) is 2.02. The molecule has 0 spiro atoms. The van der Waals surface area contributed by atoms with Crippen molar-refractivity contribution >= 4 is 17.4 Å². The lowest BCUT2D eigenvalue weighted by Crippen LogP contribution is -2.11. The van der Waals surface area contributed by atoms with Gasteiger partial charge in [0.15, 0.2) is 11.6 Å². The molecule has 0 aliphatic carbocycles. The highest BCUT2D eigenvalue weighted by Crippen LogP contribution is 2.21. The molecule has 0 bridgehead atoms. The third-order valence-electron chi connectivity index (χ3n) is 2.71. The first kappa shape index (κ1) is 11.9. The molecule has 5 heteroatoms. The van der Waals surface area contributed by atoms with Crippen LogP contribution >= 0.6 is 11.6 Å². The number of rotatable bonds is 3. The molecule has 17 heavy (non-hydrogen) atoms. The van der Waals surface area contributed by atoms with E-state index in [9.17, 15) is 4.79 Å². The van der Waals surface area contributed by atoms with Gasteiger partial charge in [0.05, 0.1) is 5.38 Å². The summed E-state index contributed by atoms with van der Waals surface area (Å²) in [6.45, 7) is 5.46. The zero-order valence-corrected chi connectivity index (χ0v) is 10.7. The number of ketones is 1. The average Bonchev–Trinajstić information content (AvgIpc) is 2.85. The van der Waals surface area contributed by atoms with E-state index in [1.54, 1.807) is 13.0 Å². The minimum atomic E-state index is -0.527. The van der Waals surface area contributed by atoms with Crippen LogP contribution in [0, 0.1) is 13.8 Å². The minimum absolute atomic E-state index is 0.0745. The van der Waals surface area contributed by atoms with Gasteiger partial charge >= 0.3 is 0 Å². The van der Waals surface area contributed by atoms with Crippen LogP contribution in [0.3, 0.4) is 0 Å². The van der Waals surface area contributed by atoms with Gasteiger partial charge in [-0.2, -0.15) is 0 Å². The molecule has 0 N–H and O–H groups in total. The molecular weight excluding hydrogens is 240 g/mol. The summed E-state index contributed by atoms with van der Waals surface area (Å²) in [6, 6.07) is 3.57. The van der Waals surface area contributed by atoms with E-state index in [1.807, 2.05) is 24.5 Å². The van der Waals surface area contributed by atoms with Crippen molar-refractivity contribution in [2.75, 3.05) is 0 Å². The second-order valence-corrected chi connectivity index (χ2v) is 4.61. The number of alkyl halides is 1. The molecule has 2 aromatic heterocycles. The molecule has 0 radical (unpaired) electrons. The highest BCUT2D eigenvalue weighted by Gasteiger charge is 2.20. The quantitative estimate of drug-likeness (QED) is 0.623. The number of hydrogen-bond acceptors (Lipinski definition) is 3. The molecule has 0 fully saturated rings. The molecule has 0 aliphatic heterocycles. The van der Waals surface area contributed by atoms with Gasteiger partial charge in [0, 0.05) is 23.0 Å². The molecular formula is C12H13ClN2O2. The largest absolute Gasteiger partial charge is 0.363 e. The number of aryl methyl sites for hydroxylation is 1.